The number of nitrogens with zero attached hydrogens (tertiary/aromatic N) is 2. The minimum Gasteiger partial charge on any atom is -0.490 e. The molecule has 1 aromatic heterocycles. The lowest BCUT2D eigenvalue weighted by molar-refractivity contribution is 0.297. The number of halogens is 1. The van der Waals surface area contributed by atoms with Crippen LogP contribution in [0.5, 0.6) is 11.5 Å². The zero-order valence-corrected chi connectivity index (χ0v) is 13.2. The molecule has 23 heavy (non-hydrogen) atoms. The maximum Gasteiger partial charge on any atom is 0.285 e. The molecule has 7 nitrogen and oxygen atoms in total. The molecule has 0 amide bonds. The average Bonchev–Trinajstić information content (AvgIpc) is 2.80. The van der Waals surface area contributed by atoms with E-state index in [1.165, 1.54) is 6.20 Å². The van der Waals surface area contributed by atoms with Gasteiger partial charge in [0.25, 0.3) is 5.56 Å². The normalized spacial score (nSPS) is 14.3. The number of anilines is 1. The molecule has 2 aromatic rings. The van der Waals surface area contributed by atoms with Crippen LogP contribution in [0.15, 0.2) is 34.3 Å². The van der Waals surface area contributed by atoms with E-state index in [9.17, 15) is 4.79 Å². The molecule has 0 saturated heterocycles. The molecule has 0 aliphatic carbocycles. The third-order valence-corrected chi connectivity index (χ3v) is 3.68. The number of hydrazone groups is 1. The second kappa shape index (κ2) is 6.70. The Kier molecular flexibility index (Phi) is 4.47. The number of nitrogens with one attached hydrogen (secondary N) is 2. The van der Waals surface area contributed by atoms with Gasteiger partial charge in [0.2, 0.25) is 0 Å². The second-order valence-electron chi connectivity index (χ2n) is 4.95. The lowest BCUT2D eigenvalue weighted by Gasteiger charge is -2.09. The zero-order valence-electron chi connectivity index (χ0n) is 12.4. The highest BCUT2D eigenvalue weighted by atomic mass is 35.5. The summed E-state index contributed by atoms with van der Waals surface area (Å²) in [5.74, 6) is 1.43. The predicted octanol–water partition coefficient (Wildman–Crippen LogP) is 2.42. The monoisotopic (exact) mass is 334 g/mol. The number of ether oxygens (including phenoxy) is 2. The van der Waals surface area contributed by atoms with Crippen molar-refractivity contribution in [2.75, 3.05) is 18.6 Å². The van der Waals surface area contributed by atoms with Crippen molar-refractivity contribution >= 4 is 23.0 Å². The van der Waals surface area contributed by atoms with Gasteiger partial charge in [0.15, 0.2) is 11.5 Å². The van der Waals surface area contributed by atoms with Crippen molar-refractivity contribution < 1.29 is 9.47 Å². The molecular formula is C15H15ClN4O3. The van der Waals surface area contributed by atoms with E-state index in [2.05, 4.69) is 20.7 Å². The van der Waals surface area contributed by atoms with E-state index in [0.29, 0.717) is 30.4 Å². The van der Waals surface area contributed by atoms with Crippen LogP contribution in [0.1, 0.15) is 18.9 Å². The van der Waals surface area contributed by atoms with Crippen molar-refractivity contribution in [1.82, 2.24) is 10.2 Å². The van der Waals surface area contributed by atoms with Gasteiger partial charge in [0.1, 0.15) is 10.7 Å². The van der Waals surface area contributed by atoms with Crippen molar-refractivity contribution in [2.45, 2.75) is 13.3 Å². The summed E-state index contributed by atoms with van der Waals surface area (Å²) < 4.78 is 11.3. The summed E-state index contributed by atoms with van der Waals surface area (Å²) in [7, 11) is 0. The Morgan fingerprint density at radius 3 is 2.96 bits per heavy atom. The summed E-state index contributed by atoms with van der Waals surface area (Å²) in [6.07, 6.45) is 2.25. The minimum absolute atomic E-state index is 0.00946. The SMILES string of the molecule is C/C(=N/Nc1cn[nH]c(=O)c1Cl)c1ccc2c(c1)OCCCO2. The van der Waals surface area contributed by atoms with Crippen LogP contribution in [0.3, 0.4) is 0 Å². The first-order valence-corrected chi connectivity index (χ1v) is 7.46. The van der Waals surface area contributed by atoms with Crippen LogP contribution in [0, 0.1) is 0 Å². The van der Waals surface area contributed by atoms with Gasteiger partial charge in [0, 0.05) is 12.0 Å². The second-order valence-corrected chi connectivity index (χ2v) is 5.33. The summed E-state index contributed by atoms with van der Waals surface area (Å²) in [6.45, 7) is 3.11. The Bertz CT molecular complexity index is 804. The molecule has 0 spiro atoms. The molecule has 1 aliphatic heterocycles. The van der Waals surface area contributed by atoms with Crippen LogP contribution in [0.4, 0.5) is 5.69 Å². The van der Waals surface area contributed by atoms with Crippen LogP contribution in [-0.2, 0) is 0 Å². The molecule has 0 bridgehead atoms. The smallest absolute Gasteiger partial charge is 0.285 e. The van der Waals surface area contributed by atoms with Gasteiger partial charge in [0.05, 0.1) is 25.1 Å². The van der Waals surface area contributed by atoms with E-state index < -0.39 is 5.56 Å². The summed E-state index contributed by atoms with van der Waals surface area (Å²) in [5, 5.41) is 10.2. The summed E-state index contributed by atoms with van der Waals surface area (Å²) >= 11 is 5.88. The van der Waals surface area contributed by atoms with E-state index >= 15 is 0 Å². The van der Waals surface area contributed by atoms with Crippen LogP contribution < -0.4 is 20.5 Å². The maximum atomic E-state index is 11.4. The first-order chi connectivity index (χ1) is 11.1. The van der Waals surface area contributed by atoms with Gasteiger partial charge in [-0.15, -0.1) is 0 Å². The summed E-state index contributed by atoms with van der Waals surface area (Å²) in [4.78, 5) is 11.4. The number of aromatic amines is 1. The van der Waals surface area contributed by atoms with Gasteiger partial charge in [-0.2, -0.15) is 10.2 Å². The molecule has 1 aliphatic rings. The topological polar surface area (TPSA) is 88.6 Å². The highest BCUT2D eigenvalue weighted by Gasteiger charge is 2.12. The Hall–Kier alpha value is -2.54. The van der Waals surface area contributed by atoms with Gasteiger partial charge in [-0.25, -0.2) is 5.10 Å². The lowest BCUT2D eigenvalue weighted by Crippen LogP contribution is -2.10. The van der Waals surface area contributed by atoms with Crippen molar-refractivity contribution in [1.29, 1.82) is 0 Å². The largest absolute Gasteiger partial charge is 0.490 e. The van der Waals surface area contributed by atoms with E-state index in [4.69, 9.17) is 21.1 Å². The summed E-state index contributed by atoms with van der Waals surface area (Å²) in [5.41, 5.74) is 4.19. The van der Waals surface area contributed by atoms with E-state index in [1.807, 2.05) is 25.1 Å². The third kappa shape index (κ3) is 3.45. The Morgan fingerprint density at radius 1 is 1.35 bits per heavy atom. The molecule has 8 heteroatoms. The maximum absolute atomic E-state index is 11.4. The molecule has 120 valence electrons. The van der Waals surface area contributed by atoms with Crippen molar-refractivity contribution in [3.63, 3.8) is 0 Å². The number of hydrogen-bond donors (Lipinski definition) is 2. The van der Waals surface area contributed by atoms with Crippen LogP contribution in [0.25, 0.3) is 0 Å². The van der Waals surface area contributed by atoms with Crippen molar-refractivity contribution in [3.05, 3.63) is 45.3 Å². The molecule has 3 rings (SSSR count). The van der Waals surface area contributed by atoms with E-state index in [-0.39, 0.29) is 5.02 Å². The molecule has 2 heterocycles. The van der Waals surface area contributed by atoms with Gasteiger partial charge < -0.3 is 9.47 Å². The highest BCUT2D eigenvalue weighted by molar-refractivity contribution is 6.32. The summed E-state index contributed by atoms with van der Waals surface area (Å²) in [6, 6.07) is 5.63. The number of fused-ring (bicyclic) bond motifs is 1. The van der Waals surface area contributed by atoms with Crippen LogP contribution >= 0.6 is 11.6 Å². The minimum atomic E-state index is -0.472. The molecule has 0 saturated carbocycles. The number of rotatable bonds is 3. The molecule has 1 aromatic carbocycles. The van der Waals surface area contributed by atoms with Gasteiger partial charge in [-0.05, 0) is 25.1 Å². The number of benzene rings is 1. The fraction of sp³-hybridized carbons (Fsp3) is 0.267. The van der Waals surface area contributed by atoms with Crippen molar-refractivity contribution in [3.8, 4) is 11.5 Å². The fourth-order valence-corrected chi connectivity index (χ4v) is 2.19. The molecule has 0 unspecified atom stereocenters. The van der Waals surface area contributed by atoms with Gasteiger partial charge >= 0.3 is 0 Å². The Balaban J connectivity index is 1.82. The third-order valence-electron chi connectivity index (χ3n) is 3.30. The van der Waals surface area contributed by atoms with E-state index in [1.54, 1.807) is 0 Å². The molecule has 0 radical (unpaired) electrons. The highest BCUT2D eigenvalue weighted by Crippen LogP contribution is 2.30. The molecular weight excluding hydrogens is 320 g/mol. The zero-order chi connectivity index (χ0) is 16.2. The lowest BCUT2D eigenvalue weighted by atomic mass is 10.1. The van der Waals surface area contributed by atoms with E-state index in [0.717, 1.165) is 17.7 Å². The number of hydrogen-bond acceptors (Lipinski definition) is 6. The quantitative estimate of drug-likeness (QED) is 0.664. The molecule has 0 fully saturated rings. The number of aromatic nitrogens is 2. The first kappa shape index (κ1) is 15.4. The predicted molar refractivity (Wildman–Crippen MR) is 87.8 cm³/mol. The van der Waals surface area contributed by atoms with Gasteiger partial charge in [-0.3, -0.25) is 10.2 Å². The Morgan fingerprint density at radius 2 is 2.13 bits per heavy atom. The van der Waals surface area contributed by atoms with Crippen LogP contribution in [-0.4, -0.2) is 29.1 Å². The van der Waals surface area contributed by atoms with Gasteiger partial charge in [-0.1, -0.05) is 11.6 Å². The molecule has 2 N–H and O–H groups in total. The first-order valence-electron chi connectivity index (χ1n) is 7.08. The fourth-order valence-electron chi connectivity index (χ4n) is 2.06. The van der Waals surface area contributed by atoms with Crippen LogP contribution in [0.2, 0.25) is 5.02 Å². The Labute approximate surface area is 137 Å². The molecule has 0 atom stereocenters. The van der Waals surface area contributed by atoms with Crippen molar-refractivity contribution in [2.24, 2.45) is 5.10 Å². The average molecular weight is 335 g/mol. The standard InChI is InChI=1S/C15H15ClN4O3/c1-9(18-19-11-8-17-20-15(21)14(11)16)10-3-4-12-13(7-10)23-6-2-5-22-12/h3-4,7-8H,2,5-6H2,1H3,(H2,19,20,21)/b18-9-. The number of H-pyrrole nitrogens is 1.